The van der Waals surface area contributed by atoms with Gasteiger partial charge in [-0.1, -0.05) is 18.2 Å². The molecular formula is C16H12F2N2O. The predicted octanol–water partition coefficient (Wildman–Crippen LogP) is 3.83. The van der Waals surface area contributed by atoms with E-state index in [4.69, 9.17) is 0 Å². The van der Waals surface area contributed by atoms with Crippen LogP contribution >= 0.6 is 0 Å². The summed E-state index contributed by atoms with van der Waals surface area (Å²) in [5.41, 5.74) is 1.41. The fraction of sp³-hybridized carbons (Fsp3) is 0.0625. The average molecular weight is 286 g/mol. The number of halogens is 2. The summed E-state index contributed by atoms with van der Waals surface area (Å²) in [7, 11) is 0. The lowest BCUT2D eigenvalue weighted by Gasteiger charge is -2.10. The van der Waals surface area contributed by atoms with Crippen molar-refractivity contribution in [1.29, 1.82) is 0 Å². The van der Waals surface area contributed by atoms with Gasteiger partial charge in [0.2, 0.25) is 0 Å². The number of nitrogens with one attached hydrogen (secondary N) is 1. The number of pyridine rings is 1. The van der Waals surface area contributed by atoms with Crippen molar-refractivity contribution in [3.63, 3.8) is 0 Å². The molecule has 5 heteroatoms. The van der Waals surface area contributed by atoms with Crippen molar-refractivity contribution in [2.24, 2.45) is 0 Å². The van der Waals surface area contributed by atoms with E-state index in [2.05, 4.69) is 10.3 Å². The van der Waals surface area contributed by atoms with E-state index in [1.165, 1.54) is 18.2 Å². The van der Waals surface area contributed by atoms with Crippen LogP contribution in [0.1, 0.15) is 5.56 Å². The van der Waals surface area contributed by atoms with Gasteiger partial charge in [0.05, 0.1) is 5.69 Å². The lowest BCUT2D eigenvalue weighted by Crippen LogP contribution is -2.03. The Morgan fingerprint density at radius 2 is 1.90 bits per heavy atom. The molecule has 0 spiro atoms. The Balaban J connectivity index is 1.92. The zero-order valence-electron chi connectivity index (χ0n) is 11.0. The number of hydrogen-bond acceptors (Lipinski definition) is 3. The standard InChI is InChI=1S/C16H12F2N2O/c17-12-4-1-5-13(15(12)18)20-9-10-6-7-14(21)16-11(10)3-2-8-19-16/h1-8,20-21H,9H2. The van der Waals surface area contributed by atoms with Crippen molar-refractivity contribution >= 4 is 16.6 Å². The number of phenolic OH excluding ortho intramolecular Hbond substituents is 1. The maximum atomic E-state index is 13.6. The van der Waals surface area contributed by atoms with E-state index in [1.54, 1.807) is 18.3 Å². The van der Waals surface area contributed by atoms with Crippen LogP contribution in [-0.2, 0) is 6.54 Å². The molecule has 3 rings (SSSR count). The van der Waals surface area contributed by atoms with Gasteiger partial charge in [0.15, 0.2) is 11.6 Å². The lowest BCUT2D eigenvalue weighted by molar-refractivity contribution is 0.480. The minimum Gasteiger partial charge on any atom is -0.506 e. The summed E-state index contributed by atoms with van der Waals surface area (Å²) >= 11 is 0. The summed E-state index contributed by atoms with van der Waals surface area (Å²) in [6.45, 7) is 0.294. The van der Waals surface area contributed by atoms with Crippen molar-refractivity contribution in [3.8, 4) is 5.75 Å². The molecule has 1 aromatic heterocycles. The Labute approximate surface area is 119 Å². The molecule has 0 amide bonds. The Kier molecular flexibility index (Phi) is 3.39. The van der Waals surface area contributed by atoms with Crippen molar-refractivity contribution in [3.05, 3.63) is 65.9 Å². The highest BCUT2D eigenvalue weighted by Crippen LogP contribution is 2.26. The van der Waals surface area contributed by atoms with Crippen molar-refractivity contribution < 1.29 is 13.9 Å². The van der Waals surface area contributed by atoms with Crippen LogP contribution in [0.25, 0.3) is 10.9 Å². The first-order chi connectivity index (χ1) is 10.2. The van der Waals surface area contributed by atoms with Crippen molar-refractivity contribution in [2.45, 2.75) is 6.54 Å². The second-order valence-electron chi connectivity index (χ2n) is 4.60. The van der Waals surface area contributed by atoms with Crippen LogP contribution < -0.4 is 5.32 Å². The van der Waals surface area contributed by atoms with Crippen LogP contribution in [0.4, 0.5) is 14.5 Å². The summed E-state index contributed by atoms with van der Waals surface area (Å²) in [4.78, 5) is 4.12. The van der Waals surface area contributed by atoms with Crippen LogP contribution in [0, 0.1) is 11.6 Å². The van der Waals surface area contributed by atoms with Gasteiger partial charge in [-0.05, 0) is 29.8 Å². The Hall–Kier alpha value is -2.69. The Morgan fingerprint density at radius 3 is 2.76 bits per heavy atom. The molecule has 0 radical (unpaired) electrons. The third-order valence-corrected chi connectivity index (χ3v) is 3.26. The van der Waals surface area contributed by atoms with E-state index in [0.717, 1.165) is 17.0 Å². The van der Waals surface area contributed by atoms with Crippen LogP contribution in [-0.4, -0.2) is 10.1 Å². The first kappa shape index (κ1) is 13.3. The molecule has 0 aliphatic rings. The number of phenols is 1. The third kappa shape index (κ3) is 2.50. The molecule has 2 N–H and O–H groups in total. The normalized spacial score (nSPS) is 10.8. The molecule has 106 valence electrons. The van der Waals surface area contributed by atoms with Gasteiger partial charge < -0.3 is 10.4 Å². The fourth-order valence-corrected chi connectivity index (χ4v) is 2.20. The van der Waals surface area contributed by atoms with E-state index in [-0.39, 0.29) is 11.4 Å². The second-order valence-corrected chi connectivity index (χ2v) is 4.60. The highest BCUT2D eigenvalue weighted by molar-refractivity contribution is 5.87. The Bertz CT molecular complexity index is 805. The number of fused-ring (bicyclic) bond motifs is 1. The molecule has 0 fully saturated rings. The highest BCUT2D eigenvalue weighted by Gasteiger charge is 2.09. The van der Waals surface area contributed by atoms with E-state index in [1.807, 2.05) is 6.07 Å². The number of aromatic nitrogens is 1. The molecular weight excluding hydrogens is 274 g/mol. The van der Waals surface area contributed by atoms with Crippen molar-refractivity contribution in [2.75, 3.05) is 5.32 Å². The summed E-state index contributed by atoms with van der Waals surface area (Å²) in [5, 5.41) is 13.4. The predicted molar refractivity (Wildman–Crippen MR) is 77.1 cm³/mol. The molecule has 0 atom stereocenters. The minimum atomic E-state index is -0.904. The molecule has 3 nitrogen and oxygen atoms in total. The van der Waals surface area contributed by atoms with Gasteiger partial charge in [-0.15, -0.1) is 0 Å². The first-order valence-corrected chi connectivity index (χ1v) is 6.40. The van der Waals surface area contributed by atoms with Gasteiger partial charge in [-0.2, -0.15) is 0 Å². The van der Waals surface area contributed by atoms with E-state index in [0.29, 0.717) is 12.1 Å². The van der Waals surface area contributed by atoms with E-state index >= 15 is 0 Å². The van der Waals surface area contributed by atoms with Gasteiger partial charge in [0.1, 0.15) is 11.3 Å². The SMILES string of the molecule is Oc1ccc(CNc2cccc(F)c2F)c2cccnc12. The average Bonchev–Trinajstić information content (AvgIpc) is 2.51. The van der Waals surface area contributed by atoms with Crippen LogP contribution in [0.5, 0.6) is 5.75 Å². The maximum Gasteiger partial charge on any atom is 0.181 e. The summed E-state index contributed by atoms with van der Waals surface area (Å²) in [6, 6.07) is 10.8. The van der Waals surface area contributed by atoms with Crippen LogP contribution in [0.15, 0.2) is 48.7 Å². The van der Waals surface area contributed by atoms with Gasteiger partial charge in [-0.25, -0.2) is 8.78 Å². The van der Waals surface area contributed by atoms with Crippen LogP contribution in [0.2, 0.25) is 0 Å². The van der Waals surface area contributed by atoms with Gasteiger partial charge in [0.25, 0.3) is 0 Å². The van der Waals surface area contributed by atoms with Crippen LogP contribution in [0.3, 0.4) is 0 Å². The molecule has 0 saturated heterocycles. The van der Waals surface area contributed by atoms with Gasteiger partial charge >= 0.3 is 0 Å². The molecule has 21 heavy (non-hydrogen) atoms. The largest absolute Gasteiger partial charge is 0.506 e. The number of hydrogen-bond donors (Lipinski definition) is 2. The molecule has 3 aromatic rings. The smallest absolute Gasteiger partial charge is 0.181 e. The monoisotopic (exact) mass is 286 g/mol. The number of anilines is 1. The van der Waals surface area contributed by atoms with Gasteiger partial charge in [0, 0.05) is 18.1 Å². The number of aromatic hydroxyl groups is 1. The molecule has 2 aromatic carbocycles. The first-order valence-electron chi connectivity index (χ1n) is 6.40. The van der Waals surface area contributed by atoms with Gasteiger partial charge in [-0.3, -0.25) is 4.98 Å². The lowest BCUT2D eigenvalue weighted by atomic mass is 10.1. The van der Waals surface area contributed by atoms with Crippen molar-refractivity contribution in [1.82, 2.24) is 4.98 Å². The topological polar surface area (TPSA) is 45.1 Å². The quantitative estimate of drug-likeness (QED) is 0.769. The molecule has 0 bridgehead atoms. The number of nitrogens with zero attached hydrogens (tertiary/aromatic N) is 1. The second kappa shape index (κ2) is 5.36. The maximum absolute atomic E-state index is 13.6. The number of rotatable bonds is 3. The molecule has 1 heterocycles. The highest BCUT2D eigenvalue weighted by atomic mass is 19.2. The summed E-state index contributed by atoms with van der Waals surface area (Å²) < 4.78 is 26.7. The molecule has 0 aliphatic carbocycles. The third-order valence-electron chi connectivity index (χ3n) is 3.26. The fourth-order valence-electron chi connectivity index (χ4n) is 2.20. The minimum absolute atomic E-state index is 0.0892. The zero-order valence-corrected chi connectivity index (χ0v) is 11.0. The summed E-state index contributed by atoms with van der Waals surface area (Å²) in [6.07, 6.45) is 1.59. The molecule has 0 unspecified atom stereocenters. The molecule has 0 aliphatic heterocycles. The zero-order chi connectivity index (χ0) is 14.8. The van der Waals surface area contributed by atoms with E-state index in [9.17, 15) is 13.9 Å². The summed E-state index contributed by atoms with van der Waals surface area (Å²) in [5.74, 6) is -1.71. The number of benzene rings is 2. The Morgan fingerprint density at radius 1 is 1.05 bits per heavy atom. The van der Waals surface area contributed by atoms with E-state index < -0.39 is 11.6 Å². The molecule has 0 saturated carbocycles.